The van der Waals surface area contributed by atoms with Crippen LogP contribution in [0.25, 0.3) is 0 Å². The summed E-state index contributed by atoms with van der Waals surface area (Å²) in [5, 5.41) is 20.3. The van der Waals surface area contributed by atoms with Gasteiger partial charge in [-0.25, -0.2) is 4.39 Å². The predicted molar refractivity (Wildman–Crippen MR) is 86.3 cm³/mol. The number of nitrogens with zero attached hydrogens (tertiary/aromatic N) is 3. The Bertz CT molecular complexity index is 874. The highest BCUT2D eigenvalue weighted by molar-refractivity contribution is 5.92. The van der Waals surface area contributed by atoms with Crippen molar-refractivity contribution in [2.75, 3.05) is 6.54 Å². The average Bonchev–Trinajstić information content (AvgIpc) is 3.22. The highest BCUT2D eigenvalue weighted by Gasteiger charge is 2.17. The number of halogens is 1. The summed E-state index contributed by atoms with van der Waals surface area (Å²) in [4.78, 5) is 12.1. The maximum Gasteiger partial charge on any atom is 0.273 e. The molecule has 0 aliphatic heterocycles. The summed E-state index contributed by atoms with van der Waals surface area (Å²) in [6, 6.07) is 7.36. The molecular formula is C17H17FN4O3. The summed E-state index contributed by atoms with van der Waals surface area (Å²) in [5.74, 6) is -0.563. The topological polar surface area (TPSA) is 93.2 Å². The lowest BCUT2D eigenvalue weighted by Crippen LogP contribution is -2.28. The van der Waals surface area contributed by atoms with E-state index in [0.717, 1.165) is 5.56 Å². The lowest BCUT2D eigenvalue weighted by atomic mass is 10.1. The summed E-state index contributed by atoms with van der Waals surface area (Å²) >= 11 is 0. The summed E-state index contributed by atoms with van der Waals surface area (Å²) in [7, 11) is 0. The summed E-state index contributed by atoms with van der Waals surface area (Å²) in [6.45, 7) is 2.13. The molecule has 8 heteroatoms. The largest absolute Gasteiger partial charge is 0.386 e. The number of aliphatic hydroxyl groups excluding tert-OH is 1. The smallest absolute Gasteiger partial charge is 0.273 e. The quantitative estimate of drug-likeness (QED) is 0.712. The van der Waals surface area contributed by atoms with E-state index in [9.17, 15) is 14.3 Å². The van der Waals surface area contributed by atoms with Crippen LogP contribution in [-0.4, -0.2) is 32.5 Å². The van der Waals surface area contributed by atoms with Crippen LogP contribution in [-0.2, 0) is 6.54 Å². The molecule has 0 saturated carbocycles. The molecular weight excluding hydrogens is 327 g/mol. The first-order valence-electron chi connectivity index (χ1n) is 7.68. The van der Waals surface area contributed by atoms with Crippen molar-refractivity contribution in [3.8, 4) is 0 Å². The molecule has 1 amide bonds. The average molecular weight is 344 g/mol. The Morgan fingerprint density at radius 2 is 2.24 bits per heavy atom. The number of hydrogen-bond donors (Lipinski definition) is 2. The highest BCUT2D eigenvalue weighted by Crippen LogP contribution is 2.16. The second kappa shape index (κ2) is 7.27. The molecule has 2 aromatic heterocycles. The van der Waals surface area contributed by atoms with Gasteiger partial charge in [0, 0.05) is 24.4 Å². The van der Waals surface area contributed by atoms with E-state index in [2.05, 4.69) is 15.6 Å². The Balaban J connectivity index is 1.57. The molecule has 0 saturated heterocycles. The summed E-state index contributed by atoms with van der Waals surface area (Å²) in [6.07, 6.45) is 2.41. The van der Waals surface area contributed by atoms with E-state index < -0.39 is 17.8 Å². The van der Waals surface area contributed by atoms with E-state index in [1.807, 2.05) is 13.1 Å². The van der Waals surface area contributed by atoms with Gasteiger partial charge in [0.15, 0.2) is 11.5 Å². The number of carbonyl (C=O) groups is 1. The number of amides is 1. The molecule has 2 heterocycles. The maximum atomic E-state index is 13.6. The molecule has 1 aromatic carbocycles. The molecule has 2 N–H and O–H groups in total. The lowest BCUT2D eigenvalue weighted by Gasteiger charge is -2.12. The maximum absolute atomic E-state index is 13.6. The minimum absolute atomic E-state index is 0.0830. The Labute approximate surface area is 143 Å². The number of rotatable bonds is 6. The van der Waals surface area contributed by atoms with Gasteiger partial charge in [-0.15, -0.1) is 0 Å². The summed E-state index contributed by atoms with van der Waals surface area (Å²) < 4.78 is 20.4. The SMILES string of the molecule is Cc1cnn(Cc2cc(C(=O)NCC(O)c3ccccc3F)no2)c1. The van der Waals surface area contributed by atoms with Gasteiger partial charge in [-0.05, 0) is 18.6 Å². The number of nitrogens with one attached hydrogen (secondary N) is 1. The zero-order valence-electron chi connectivity index (χ0n) is 13.5. The van der Waals surface area contributed by atoms with Gasteiger partial charge in [0.1, 0.15) is 12.4 Å². The molecule has 1 atom stereocenters. The number of hydrogen-bond acceptors (Lipinski definition) is 5. The Morgan fingerprint density at radius 1 is 1.44 bits per heavy atom. The zero-order chi connectivity index (χ0) is 17.8. The molecule has 130 valence electrons. The van der Waals surface area contributed by atoms with Crippen molar-refractivity contribution in [3.05, 3.63) is 71.1 Å². The molecule has 25 heavy (non-hydrogen) atoms. The molecule has 0 aliphatic rings. The van der Waals surface area contributed by atoms with Crippen molar-refractivity contribution < 1.29 is 18.8 Å². The van der Waals surface area contributed by atoms with Gasteiger partial charge in [0.2, 0.25) is 0 Å². The van der Waals surface area contributed by atoms with E-state index in [1.54, 1.807) is 16.9 Å². The van der Waals surface area contributed by atoms with Crippen LogP contribution < -0.4 is 5.32 Å². The Kier molecular flexibility index (Phi) is 4.90. The van der Waals surface area contributed by atoms with E-state index in [1.165, 1.54) is 24.3 Å². The van der Waals surface area contributed by atoms with Crippen molar-refractivity contribution >= 4 is 5.91 Å². The van der Waals surface area contributed by atoms with Crippen molar-refractivity contribution in [2.45, 2.75) is 19.6 Å². The number of aryl methyl sites for hydroxylation is 1. The fourth-order valence-electron chi connectivity index (χ4n) is 2.34. The van der Waals surface area contributed by atoms with Gasteiger partial charge in [-0.1, -0.05) is 23.4 Å². The molecule has 1 unspecified atom stereocenters. The lowest BCUT2D eigenvalue weighted by molar-refractivity contribution is 0.0905. The predicted octanol–water partition coefficient (Wildman–Crippen LogP) is 1.83. The van der Waals surface area contributed by atoms with Gasteiger partial charge >= 0.3 is 0 Å². The van der Waals surface area contributed by atoms with Crippen LogP contribution in [0.2, 0.25) is 0 Å². The minimum atomic E-state index is -1.15. The zero-order valence-corrected chi connectivity index (χ0v) is 13.5. The molecule has 0 radical (unpaired) electrons. The third-order valence-corrected chi connectivity index (χ3v) is 3.59. The first-order valence-corrected chi connectivity index (χ1v) is 7.68. The standard InChI is InChI=1S/C17H17FN4O3/c1-11-7-20-22(9-11)10-12-6-15(21-25-12)17(24)19-8-16(23)13-4-2-3-5-14(13)18/h2-7,9,16,23H,8,10H2,1H3,(H,19,24). The van der Waals surface area contributed by atoms with Gasteiger partial charge in [-0.3, -0.25) is 9.48 Å². The molecule has 3 rings (SSSR count). The van der Waals surface area contributed by atoms with E-state index >= 15 is 0 Å². The van der Waals surface area contributed by atoms with Crippen molar-refractivity contribution in [1.82, 2.24) is 20.3 Å². The first kappa shape index (κ1) is 16.8. The van der Waals surface area contributed by atoms with E-state index in [-0.39, 0.29) is 17.8 Å². The first-order chi connectivity index (χ1) is 12.0. The van der Waals surface area contributed by atoms with E-state index in [0.29, 0.717) is 12.3 Å². The molecule has 3 aromatic rings. The van der Waals surface area contributed by atoms with Gasteiger partial charge in [0.25, 0.3) is 5.91 Å². The number of carbonyl (C=O) groups excluding carboxylic acids is 1. The van der Waals surface area contributed by atoms with Crippen LogP contribution in [0.15, 0.2) is 47.2 Å². The second-order valence-corrected chi connectivity index (χ2v) is 5.64. The third kappa shape index (κ3) is 4.10. The third-order valence-electron chi connectivity index (χ3n) is 3.59. The number of aliphatic hydroxyl groups is 1. The molecule has 0 bridgehead atoms. The van der Waals surface area contributed by atoms with Crippen LogP contribution in [0.1, 0.15) is 33.5 Å². The second-order valence-electron chi connectivity index (χ2n) is 5.64. The van der Waals surface area contributed by atoms with Gasteiger partial charge < -0.3 is 14.9 Å². The van der Waals surface area contributed by atoms with Crippen LogP contribution in [0.5, 0.6) is 0 Å². The van der Waals surface area contributed by atoms with Crippen LogP contribution in [0.4, 0.5) is 4.39 Å². The van der Waals surface area contributed by atoms with Crippen LogP contribution in [0.3, 0.4) is 0 Å². The van der Waals surface area contributed by atoms with Gasteiger partial charge in [-0.2, -0.15) is 5.10 Å². The van der Waals surface area contributed by atoms with Gasteiger partial charge in [0.05, 0.1) is 12.3 Å². The Hall–Kier alpha value is -3.00. The summed E-state index contributed by atoms with van der Waals surface area (Å²) in [5.41, 5.74) is 1.22. The number of benzene rings is 1. The van der Waals surface area contributed by atoms with Crippen LogP contribution in [0, 0.1) is 12.7 Å². The van der Waals surface area contributed by atoms with Crippen molar-refractivity contribution in [2.24, 2.45) is 0 Å². The molecule has 0 fully saturated rings. The fraction of sp³-hybridized carbons (Fsp3) is 0.235. The monoisotopic (exact) mass is 344 g/mol. The normalized spacial score (nSPS) is 12.1. The van der Waals surface area contributed by atoms with Crippen molar-refractivity contribution in [3.63, 3.8) is 0 Å². The van der Waals surface area contributed by atoms with Crippen LogP contribution >= 0.6 is 0 Å². The van der Waals surface area contributed by atoms with Crippen molar-refractivity contribution in [1.29, 1.82) is 0 Å². The number of aromatic nitrogens is 3. The molecule has 0 spiro atoms. The molecule has 0 aliphatic carbocycles. The fourth-order valence-corrected chi connectivity index (χ4v) is 2.34. The highest BCUT2D eigenvalue weighted by atomic mass is 19.1. The van der Waals surface area contributed by atoms with E-state index in [4.69, 9.17) is 4.52 Å². The molecule has 7 nitrogen and oxygen atoms in total. The minimum Gasteiger partial charge on any atom is -0.386 e. The Morgan fingerprint density at radius 3 is 2.96 bits per heavy atom.